The van der Waals surface area contributed by atoms with Crippen LogP contribution >= 0.6 is 0 Å². The minimum absolute atomic E-state index is 0.536. The normalized spacial score (nSPS) is 12.9. The molecule has 0 radical (unpaired) electrons. The SMILES string of the molecule is c1ccc(-c2cccc(-c3cccc(-c4ccc5c(c4)C(c4cccc6ccccc46)(c4cccc6ccccc46)c4ccccc4-5)c3)c2)cc1. The molecule has 0 N–H and O–H groups in total. The summed E-state index contributed by atoms with van der Waals surface area (Å²) < 4.78 is 0. The summed E-state index contributed by atoms with van der Waals surface area (Å²) in [5.74, 6) is 0. The zero-order valence-electron chi connectivity index (χ0n) is 28.1. The molecule has 0 saturated carbocycles. The second kappa shape index (κ2) is 11.8. The van der Waals surface area contributed by atoms with Crippen molar-refractivity contribution in [3.05, 3.63) is 229 Å². The summed E-state index contributed by atoms with van der Waals surface area (Å²) in [6, 6.07) is 76.2. The van der Waals surface area contributed by atoms with E-state index in [0.717, 1.165) is 0 Å². The molecule has 0 saturated heterocycles. The molecule has 0 fully saturated rings. The van der Waals surface area contributed by atoms with Crippen molar-refractivity contribution in [1.82, 2.24) is 0 Å². The zero-order valence-corrected chi connectivity index (χ0v) is 28.1. The van der Waals surface area contributed by atoms with Gasteiger partial charge in [-0.3, -0.25) is 0 Å². The van der Waals surface area contributed by atoms with Crippen LogP contribution in [0.25, 0.3) is 66.1 Å². The Labute approximate surface area is 298 Å². The number of benzene rings is 9. The van der Waals surface area contributed by atoms with E-state index in [0.29, 0.717) is 0 Å². The molecule has 0 heteroatoms. The molecule has 1 aliphatic rings. The van der Waals surface area contributed by atoms with Crippen molar-refractivity contribution in [2.24, 2.45) is 0 Å². The predicted molar refractivity (Wildman–Crippen MR) is 215 cm³/mol. The summed E-state index contributed by atoms with van der Waals surface area (Å²) in [6.45, 7) is 0. The molecular formula is C51H34. The van der Waals surface area contributed by atoms with Crippen LogP contribution in [0.4, 0.5) is 0 Å². The Morgan fingerprint density at radius 1 is 0.235 bits per heavy atom. The Hall–Kier alpha value is -6.50. The fraction of sp³-hybridized carbons (Fsp3) is 0.0196. The van der Waals surface area contributed by atoms with Gasteiger partial charge in [0.2, 0.25) is 0 Å². The van der Waals surface area contributed by atoms with Crippen LogP contribution in [0.3, 0.4) is 0 Å². The molecule has 0 atom stereocenters. The lowest BCUT2D eigenvalue weighted by Gasteiger charge is -2.36. The van der Waals surface area contributed by atoms with E-state index in [4.69, 9.17) is 0 Å². The Morgan fingerprint density at radius 2 is 0.647 bits per heavy atom. The molecule has 0 aromatic heterocycles. The molecule has 9 aromatic rings. The lowest BCUT2D eigenvalue weighted by atomic mass is 9.65. The standard InChI is InChI=1S/C51H34/c1-2-14-35(15-3-1)38-20-10-21-39(32-38)40-22-11-23-41(33-40)42-30-31-46-45-26-8-9-27-49(45)51(50(46)34-42,47-28-12-18-36-16-4-6-24-43(36)47)48-29-13-19-37-17-5-7-25-44(37)48/h1-34H. The maximum absolute atomic E-state index is 2.48. The summed E-state index contributed by atoms with van der Waals surface area (Å²) in [5, 5.41) is 5.06. The number of hydrogen-bond donors (Lipinski definition) is 0. The van der Waals surface area contributed by atoms with Gasteiger partial charge in [-0.05, 0) is 107 Å². The van der Waals surface area contributed by atoms with Gasteiger partial charge in [0.25, 0.3) is 0 Å². The van der Waals surface area contributed by atoms with E-state index in [9.17, 15) is 0 Å². The molecule has 0 spiro atoms. The summed E-state index contributed by atoms with van der Waals surface area (Å²) in [6.07, 6.45) is 0. The molecule has 0 nitrogen and oxygen atoms in total. The highest BCUT2D eigenvalue weighted by molar-refractivity contribution is 5.99. The Morgan fingerprint density at radius 3 is 1.27 bits per heavy atom. The first-order valence-electron chi connectivity index (χ1n) is 17.8. The Kier molecular flexibility index (Phi) is 6.82. The van der Waals surface area contributed by atoms with Crippen LogP contribution in [0.1, 0.15) is 22.3 Å². The van der Waals surface area contributed by atoms with Gasteiger partial charge in [-0.1, -0.05) is 188 Å². The van der Waals surface area contributed by atoms with Gasteiger partial charge < -0.3 is 0 Å². The number of fused-ring (bicyclic) bond motifs is 5. The van der Waals surface area contributed by atoms with Crippen LogP contribution in [0.5, 0.6) is 0 Å². The molecule has 238 valence electrons. The molecule has 51 heavy (non-hydrogen) atoms. The highest BCUT2D eigenvalue weighted by Gasteiger charge is 2.47. The van der Waals surface area contributed by atoms with Gasteiger partial charge in [0.1, 0.15) is 0 Å². The first-order chi connectivity index (χ1) is 25.3. The molecular weight excluding hydrogens is 613 g/mol. The maximum atomic E-state index is 2.48. The molecule has 1 aliphatic carbocycles. The second-order valence-corrected chi connectivity index (χ2v) is 13.6. The van der Waals surface area contributed by atoms with E-state index >= 15 is 0 Å². The Balaban J connectivity index is 1.23. The number of hydrogen-bond acceptors (Lipinski definition) is 0. The van der Waals surface area contributed by atoms with Gasteiger partial charge in [0, 0.05) is 0 Å². The van der Waals surface area contributed by atoms with Crippen molar-refractivity contribution in [3.63, 3.8) is 0 Å². The van der Waals surface area contributed by atoms with Crippen LogP contribution in [0, 0.1) is 0 Å². The summed E-state index contributed by atoms with van der Waals surface area (Å²) >= 11 is 0. The van der Waals surface area contributed by atoms with Crippen LogP contribution < -0.4 is 0 Å². The van der Waals surface area contributed by atoms with Crippen molar-refractivity contribution >= 4 is 21.5 Å². The van der Waals surface area contributed by atoms with E-state index in [-0.39, 0.29) is 0 Å². The van der Waals surface area contributed by atoms with Gasteiger partial charge in [0.05, 0.1) is 5.41 Å². The predicted octanol–water partition coefficient (Wildman–Crippen LogP) is 13.4. The Bertz CT molecular complexity index is 2660. The maximum Gasteiger partial charge on any atom is 0.0725 e. The highest BCUT2D eigenvalue weighted by atomic mass is 14.5. The minimum atomic E-state index is -0.536. The largest absolute Gasteiger partial charge is 0.0725 e. The minimum Gasteiger partial charge on any atom is -0.0622 e. The summed E-state index contributed by atoms with van der Waals surface area (Å²) in [4.78, 5) is 0. The first kappa shape index (κ1) is 29.4. The lowest BCUT2D eigenvalue weighted by Crippen LogP contribution is -2.29. The van der Waals surface area contributed by atoms with Gasteiger partial charge in [-0.2, -0.15) is 0 Å². The van der Waals surface area contributed by atoms with Crippen molar-refractivity contribution < 1.29 is 0 Å². The molecule has 0 bridgehead atoms. The van der Waals surface area contributed by atoms with Crippen molar-refractivity contribution in [2.45, 2.75) is 5.41 Å². The van der Waals surface area contributed by atoms with Crippen LogP contribution in [-0.4, -0.2) is 0 Å². The average Bonchev–Trinajstić information content (AvgIpc) is 3.51. The average molecular weight is 647 g/mol. The summed E-state index contributed by atoms with van der Waals surface area (Å²) in [5.41, 5.74) is 14.6. The summed E-state index contributed by atoms with van der Waals surface area (Å²) in [7, 11) is 0. The monoisotopic (exact) mass is 646 g/mol. The fourth-order valence-electron chi connectivity index (χ4n) is 8.68. The fourth-order valence-corrected chi connectivity index (χ4v) is 8.68. The molecule has 0 amide bonds. The smallest absolute Gasteiger partial charge is 0.0622 e. The zero-order chi connectivity index (χ0) is 33.8. The van der Waals surface area contributed by atoms with E-state index in [1.54, 1.807) is 0 Å². The van der Waals surface area contributed by atoms with Crippen molar-refractivity contribution in [1.29, 1.82) is 0 Å². The van der Waals surface area contributed by atoms with Crippen molar-refractivity contribution in [3.8, 4) is 44.5 Å². The van der Waals surface area contributed by atoms with E-state index in [2.05, 4.69) is 206 Å². The third-order valence-corrected chi connectivity index (χ3v) is 10.9. The van der Waals surface area contributed by atoms with Gasteiger partial charge in [-0.15, -0.1) is 0 Å². The lowest BCUT2D eigenvalue weighted by molar-refractivity contribution is 0.785. The first-order valence-corrected chi connectivity index (χ1v) is 17.8. The molecule has 0 aliphatic heterocycles. The van der Waals surface area contributed by atoms with Crippen LogP contribution in [0.2, 0.25) is 0 Å². The van der Waals surface area contributed by atoms with Gasteiger partial charge in [0.15, 0.2) is 0 Å². The molecule has 10 rings (SSSR count). The van der Waals surface area contributed by atoms with Gasteiger partial charge >= 0.3 is 0 Å². The van der Waals surface area contributed by atoms with Crippen LogP contribution in [-0.2, 0) is 5.41 Å². The topological polar surface area (TPSA) is 0 Å². The third kappa shape index (κ3) is 4.61. The van der Waals surface area contributed by atoms with Crippen molar-refractivity contribution in [2.75, 3.05) is 0 Å². The number of rotatable bonds is 5. The highest BCUT2D eigenvalue weighted by Crippen LogP contribution is 2.59. The second-order valence-electron chi connectivity index (χ2n) is 13.6. The quantitative estimate of drug-likeness (QED) is 0.175. The third-order valence-electron chi connectivity index (χ3n) is 10.9. The van der Waals surface area contributed by atoms with E-state index < -0.39 is 5.41 Å². The van der Waals surface area contributed by atoms with Gasteiger partial charge in [-0.25, -0.2) is 0 Å². The molecule has 0 unspecified atom stereocenters. The van der Waals surface area contributed by atoms with E-state index in [1.807, 2.05) is 0 Å². The molecule has 9 aromatic carbocycles. The van der Waals surface area contributed by atoms with E-state index in [1.165, 1.54) is 88.3 Å². The molecule has 0 heterocycles. The van der Waals surface area contributed by atoms with Crippen LogP contribution in [0.15, 0.2) is 206 Å².